The maximum atomic E-state index is 12.1. The summed E-state index contributed by atoms with van der Waals surface area (Å²) >= 11 is 0. The average molecular weight is 217 g/mol. The monoisotopic (exact) mass is 217 g/mol. The lowest BCUT2D eigenvalue weighted by atomic mass is 10.0. The number of pyridine rings is 1. The minimum atomic E-state index is 0.224. The minimum Gasteiger partial charge on any atom is -0.338 e. The highest BCUT2D eigenvalue weighted by molar-refractivity contribution is 5.82. The molecule has 16 heavy (non-hydrogen) atoms. The predicted molar refractivity (Wildman–Crippen MR) is 59.5 cm³/mol. The summed E-state index contributed by atoms with van der Waals surface area (Å²) in [7, 11) is 0. The molecule has 4 heteroatoms. The Morgan fingerprint density at radius 2 is 2.19 bits per heavy atom. The fraction of sp³-hybridized carbons (Fsp3) is 0.500. The van der Waals surface area contributed by atoms with Crippen molar-refractivity contribution in [2.75, 3.05) is 19.6 Å². The van der Waals surface area contributed by atoms with Crippen LogP contribution in [-0.2, 0) is 11.3 Å². The van der Waals surface area contributed by atoms with Crippen LogP contribution in [-0.4, -0.2) is 35.4 Å². The maximum absolute atomic E-state index is 12.1. The van der Waals surface area contributed by atoms with E-state index in [1.807, 2.05) is 17.0 Å². The van der Waals surface area contributed by atoms with Crippen molar-refractivity contribution in [3.8, 4) is 0 Å². The van der Waals surface area contributed by atoms with Crippen LogP contribution in [0.4, 0.5) is 0 Å². The standard InChI is InChI=1S/C12H15N3O/c16-12-11-6-14-5-10(11)8-15(12)7-9-1-3-13-4-2-9/h1-4,10-11,14H,5-8H2/t10-,11-/m0/s1. The molecule has 0 aromatic carbocycles. The topological polar surface area (TPSA) is 45.2 Å². The number of nitrogens with zero attached hydrogens (tertiary/aromatic N) is 2. The number of amides is 1. The first-order valence-corrected chi connectivity index (χ1v) is 5.73. The minimum absolute atomic E-state index is 0.224. The number of hydrogen-bond donors (Lipinski definition) is 1. The lowest BCUT2D eigenvalue weighted by molar-refractivity contribution is -0.131. The van der Waals surface area contributed by atoms with E-state index in [4.69, 9.17) is 0 Å². The fourth-order valence-corrected chi connectivity index (χ4v) is 2.67. The van der Waals surface area contributed by atoms with Crippen LogP contribution in [0.3, 0.4) is 0 Å². The highest BCUT2D eigenvalue weighted by atomic mass is 16.2. The molecule has 0 bridgehead atoms. The van der Waals surface area contributed by atoms with Crippen molar-refractivity contribution in [1.82, 2.24) is 15.2 Å². The van der Waals surface area contributed by atoms with Crippen LogP contribution in [0.5, 0.6) is 0 Å². The Bertz CT molecular complexity index is 393. The zero-order valence-corrected chi connectivity index (χ0v) is 9.10. The van der Waals surface area contributed by atoms with Crippen LogP contribution in [0.1, 0.15) is 5.56 Å². The van der Waals surface area contributed by atoms with Gasteiger partial charge in [0, 0.05) is 44.5 Å². The summed E-state index contributed by atoms with van der Waals surface area (Å²) in [5.74, 6) is 1.06. The third-order valence-corrected chi connectivity index (χ3v) is 3.55. The molecule has 0 saturated carbocycles. The molecule has 2 aliphatic rings. The Hall–Kier alpha value is -1.42. The molecule has 4 nitrogen and oxygen atoms in total. The molecule has 1 aromatic heterocycles. The molecule has 3 rings (SSSR count). The van der Waals surface area contributed by atoms with Crippen LogP contribution in [0.15, 0.2) is 24.5 Å². The molecule has 0 aliphatic carbocycles. The number of nitrogens with one attached hydrogen (secondary N) is 1. The summed E-state index contributed by atoms with van der Waals surface area (Å²) in [6.45, 7) is 3.48. The van der Waals surface area contributed by atoms with E-state index in [2.05, 4.69) is 10.3 Å². The van der Waals surface area contributed by atoms with Gasteiger partial charge in [0.25, 0.3) is 0 Å². The number of likely N-dealkylation sites (tertiary alicyclic amines) is 1. The van der Waals surface area contributed by atoms with E-state index in [9.17, 15) is 4.79 Å². The van der Waals surface area contributed by atoms with Gasteiger partial charge in [0.05, 0.1) is 5.92 Å². The molecule has 0 unspecified atom stereocenters. The largest absolute Gasteiger partial charge is 0.338 e. The summed E-state index contributed by atoms with van der Waals surface area (Å²) in [5, 5.41) is 3.28. The number of rotatable bonds is 2. The molecule has 0 radical (unpaired) electrons. The van der Waals surface area contributed by atoms with E-state index in [0.717, 1.165) is 31.7 Å². The Morgan fingerprint density at radius 3 is 2.94 bits per heavy atom. The van der Waals surface area contributed by atoms with Gasteiger partial charge < -0.3 is 10.2 Å². The van der Waals surface area contributed by atoms with E-state index in [-0.39, 0.29) is 5.92 Å². The van der Waals surface area contributed by atoms with Gasteiger partial charge in [0.2, 0.25) is 5.91 Å². The molecule has 2 aliphatic heterocycles. The Balaban J connectivity index is 1.71. The fourth-order valence-electron chi connectivity index (χ4n) is 2.67. The van der Waals surface area contributed by atoms with Crippen molar-refractivity contribution in [3.63, 3.8) is 0 Å². The second kappa shape index (κ2) is 3.87. The van der Waals surface area contributed by atoms with Crippen molar-refractivity contribution >= 4 is 5.91 Å². The predicted octanol–water partition coefficient (Wildman–Crippen LogP) is 0.259. The third kappa shape index (κ3) is 1.59. The van der Waals surface area contributed by atoms with Crippen LogP contribution < -0.4 is 5.32 Å². The van der Waals surface area contributed by atoms with Gasteiger partial charge in [-0.05, 0) is 17.7 Å². The van der Waals surface area contributed by atoms with Crippen LogP contribution >= 0.6 is 0 Å². The van der Waals surface area contributed by atoms with E-state index in [1.54, 1.807) is 12.4 Å². The quantitative estimate of drug-likeness (QED) is 0.773. The first kappa shape index (κ1) is 9.78. The molecule has 2 saturated heterocycles. The molecular formula is C12H15N3O. The van der Waals surface area contributed by atoms with Crippen LogP contribution in [0.25, 0.3) is 0 Å². The van der Waals surface area contributed by atoms with Gasteiger partial charge >= 0.3 is 0 Å². The highest BCUT2D eigenvalue weighted by Gasteiger charge is 2.42. The number of hydrogen-bond acceptors (Lipinski definition) is 3. The van der Waals surface area contributed by atoms with Gasteiger partial charge in [-0.2, -0.15) is 0 Å². The summed E-state index contributed by atoms with van der Waals surface area (Å²) < 4.78 is 0. The van der Waals surface area contributed by atoms with Gasteiger partial charge in [-0.1, -0.05) is 0 Å². The molecule has 3 heterocycles. The van der Waals surface area contributed by atoms with Crippen molar-refractivity contribution < 1.29 is 4.79 Å². The lowest BCUT2D eigenvalue weighted by Crippen LogP contribution is -2.30. The Kier molecular flexibility index (Phi) is 2.36. The Labute approximate surface area is 94.7 Å². The van der Waals surface area contributed by atoms with Crippen molar-refractivity contribution in [2.24, 2.45) is 11.8 Å². The zero-order valence-electron chi connectivity index (χ0n) is 9.10. The molecule has 1 amide bonds. The highest BCUT2D eigenvalue weighted by Crippen LogP contribution is 2.28. The molecule has 2 atom stereocenters. The third-order valence-electron chi connectivity index (χ3n) is 3.55. The molecular weight excluding hydrogens is 202 g/mol. The van der Waals surface area contributed by atoms with Crippen LogP contribution in [0, 0.1) is 11.8 Å². The second-order valence-corrected chi connectivity index (χ2v) is 4.60. The molecule has 84 valence electrons. The first-order chi connectivity index (χ1) is 7.84. The summed E-state index contributed by atoms with van der Waals surface area (Å²) in [4.78, 5) is 18.0. The number of aromatic nitrogens is 1. The van der Waals surface area contributed by atoms with Gasteiger partial charge in [0.1, 0.15) is 0 Å². The number of fused-ring (bicyclic) bond motifs is 1. The first-order valence-electron chi connectivity index (χ1n) is 5.73. The van der Waals surface area contributed by atoms with Crippen molar-refractivity contribution in [2.45, 2.75) is 6.54 Å². The van der Waals surface area contributed by atoms with E-state index >= 15 is 0 Å². The maximum Gasteiger partial charge on any atom is 0.227 e. The molecule has 1 aromatic rings. The number of carbonyl (C=O) groups is 1. The van der Waals surface area contributed by atoms with Crippen LogP contribution in [0.2, 0.25) is 0 Å². The van der Waals surface area contributed by atoms with Gasteiger partial charge in [-0.25, -0.2) is 0 Å². The zero-order chi connectivity index (χ0) is 11.0. The molecule has 0 spiro atoms. The SMILES string of the molecule is O=C1[C@H]2CNC[C@H]2CN1Cc1ccncc1. The van der Waals surface area contributed by atoms with Gasteiger partial charge in [0.15, 0.2) is 0 Å². The Morgan fingerprint density at radius 1 is 1.38 bits per heavy atom. The van der Waals surface area contributed by atoms with E-state index in [1.165, 1.54) is 0 Å². The summed E-state index contributed by atoms with van der Waals surface area (Å²) in [5.41, 5.74) is 1.16. The molecule has 2 fully saturated rings. The van der Waals surface area contributed by atoms with Crippen molar-refractivity contribution in [1.29, 1.82) is 0 Å². The summed E-state index contributed by atoms with van der Waals surface area (Å²) in [6.07, 6.45) is 3.55. The van der Waals surface area contributed by atoms with E-state index < -0.39 is 0 Å². The lowest BCUT2D eigenvalue weighted by Gasteiger charge is -2.17. The van der Waals surface area contributed by atoms with Gasteiger partial charge in [-0.15, -0.1) is 0 Å². The molecule has 1 N–H and O–H groups in total. The number of carbonyl (C=O) groups excluding carboxylic acids is 1. The smallest absolute Gasteiger partial charge is 0.227 e. The second-order valence-electron chi connectivity index (χ2n) is 4.60. The van der Waals surface area contributed by atoms with Crippen molar-refractivity contribution in [3.05, 3.63) is 30.1 Å². The summed E-state index contributed by atoms with van der Waals surface area (Å²) in [6, 6.07) is 3.94. The normalized spacial score (nSPS) is 28.5. The van der Waals surface area contributed by atoms with Gasteiger partial charge in [-0.3, -0.25) is 9.78 Å². The average Bonchev–Trinajstić information content (AvgIpc) is 2.86. The van der Waals surface area contributed by atoms with E-state index in [0.29, 0.717) is 11.8 Å².